The minimum atomic E-state index is -0.706. The van der Waals surface area contributed by atoms with Gasteiger partial charge in [-0.15, -0.1) is 0 Å². The summed E-state index contributed by atoms with van der Waals surface area (Å²) in [5.74, 6) is 0.656. The minimum absolute atomic E-state index is 0.113. The monoisotopic (exact) mass is 418 g/mol. The van der Waals surface area contributed by atoms with Gasteiger partial charge in [-0.25, -0.2) is 20.0 Å². The van der Waals surface area contributed by atoms with Crippen molar-refractivity contribution in [2.45, 2.75) is 78.0 Å². The lowest BCUT2D eigenvalue weighted by Crippen LogP contribution is -2.55. The van der Waals surface area contributed by atoms with Crippen molar-refractivity contribution in [1.82, 2.24) is 10.4 Å². The molecular weight excluding hydrogens is 384 g/mol. The van der Waals surface area contributed by atoms with E-state index >= 15 is 0 Å². The summed E-state index contributed by atoms with van der Waals surface area (Å²) in [5.41, 5.74) is 3.31. The fourth-order valence-electron chi connectivity index (χ4n) is 3.34. The molecule has 1 aromatic rings. The number of nitrogens with zero attached hydrogens (tertiary/aromatic N) is 1. The van der Waals surface area contributed by atoms with Crippen LogP contribution in [0.3, 0.4) is 0 Å². The van der Waals surface area contributed by atoms with Crippen molar-refractivity contribution in [3.63, 3.8) is 0 Å². The van der Waals surface area contributed by atoms with E-state index in [-0.39, 0.29) is 12.0 Å². The Morgan fingerprint density at radius 1 is 1.07 bits per heavy atom. The summed E-state index contributed by atoms with van der Waals surface area (Å²) in [4.78, 5) is 25.5. The average Bonchev–Trinajstić information content (AvgIpc) is 3.05. The Bertz CT molecular complexity index is 805. The van der Waals surface area contributed by atoms with Crippen LogP contribution in [0, 0.1) is 6.92 Å². The molecule has 7 nitrogen and oxygen atoms in total. The van der Waals surface area contributed by atoms with E-state index in [4.69, 9.17) is 14.2 Å². The predicted molar refractivity (Wildman–Crippen MR) is 115 cm³/mol. The highest BCUT2D eigenvalue weighted by Gasteiger charge is 2.37. The van der Waals surface area contributed by atoms with E-state index in [0.29, 0.717) is 6.42 Å². The molecule has 0 saturated heterocycles. The first-order valence-electron chi connectivity index (χ1n) is 10.1. The van der Waals surface area contributed by atoms with Crippen LogP contribution in [0.2, 0.25) is 0 Å². The van der Waals surface area contributed by atoms with Crippen molar-refractivity contribution in [3.8, 4) is 5.75 Å². The molecule has 2 atom stereocenters. The van der Waals surface area contributed by atoms with E-state index in [0.717, 1.165) is 16.9 Å². The summed E-state index contributed by atoms with van der Waals surface area (Å²) in [6.45, 7) is 12.7. The molecule has 0 radical (unpaired) electrons. The maximum Gasteiger partial charge on any atom is 0.429 e. The van der Waals surface area contributed by atoms with Crippen LogP contribution in [-0.2, 0) is 9.47 Å². The van der Waals surface area contributed by atoms with E-state index in [1.807, 2.05) is 37.3 Å². The SMILES string of the molecule is COc1ccc([C@@H]2C=CC[C@H]2N(NC(=O)OC(C)(C)C)C(=O)OC(C)(C)C)c(C)c1. The van der Waals surface area contributed by atoms with E-state index in [1.165, 1.54) is 5.01 Å². The first-order valence-corrected chi connectivity index (χ1v) is 10.1. The van der Waals surface area contributed by atoms with E-state index in [1.54, 1.807) is 48.7 Å². The number of nitrogens with one attached hydrogen (secondary N) is 1. The standard InChI is InChI=1S/C23H34N2O5/c1-15-14-16(28-8)12-13-17(15)18-10-9-11-19(18)25(21(27)30-23(5,6)7)24-20(26)29-22(2,3)4/h9-10,12-14,18-19H,11H2,1-8H3,(H,24,26)/t18-,19+/m0/s1. The topological polar surface area (TPSA) is 77.1 Å². The van der Waals surface area contributed by atoms with Crippen LogP contribution in [0.5, 0.6) is 5.75 Å². The van der Waals surface area contributed by atoms with Crippen LogP contribution < -0.4 is 10.2 Å². The zero-order chi connectivity index (χ0) is 22.7. The molecule has 30 heavy (non-hydrogen) atoms. The quantitative estimate of drug-likeness (QED) is 0.546. The summed E-state index contributed by atoms with van der Waals surface area (Å²) < 4.78 is 16.2. The van der Waals surface area contributed by atoms with Crippen LogP contribution in [0.15, 0.2) is 30.4 Å². The van der Waals surface area contributed by atoms with Gasteiger partial charge in [-0.05, 0) is 78.1 Å². The van der Waals surface area contributed by atoms with Crippen molar-refractivity contribution >= 4 is 12.2 Å². The number of amides is 2. The number of hydrogen-bond acceptors (Lipinski definition) is 5. The van der Waals surface area contributed by atoms with Gasteiger partial charge in [-0.3, -0.25) is 0 Å². The third-order valence-electron chi connectivity index (χ3n) is 4.50. The van der Waals surface area contributed by atoms with Crippen molar-refractivity contribution in [2.24, 2.45) is 0 Å². The van der Waals surface area contributed by atoms with Crippen molar-refractivity contribution in [1.29, 1.82) is 0 Å². The maximum absolute atomic E-state index is 13.0. The lowest BCUT2D eigenvalue weighted by atomic mass is 9.90. The molecule has 1 N–H and O–H groups in total. The molecule has 0 fully saturated rings. The molecule has 0 aromatic heterocycles. The minimum Gasteiger partial charge on any atom is -0.497 e. The number of methoxy groups -OCH3 is 1. The zero-order valence-electron chi connectivity index (χ0n) is 19.2. The third kappa shape index (κ3) is 6.40. The van der Waals surface area contributed by atoms with Gasteiger partial charge in [0.15, 0.2) is 0 Å². The number of hydrazine groups is 1. The summed E-state index contributed by atoms with van der Waals surface area (Å²) in [7, 11) is 1.63. The van der Waals surface area contributed by atoms with Gasteiger partial charge in [0.05, 0.1) is 13.2 Å². The Kier molecular flexibility index (Phi) is 7.06. The van der Waals surface area contributed by atoms with Gasteiger partial charge in [0, 0.05) is 5.92 Å². The van der Waals surface area contributed by atoms with Gasteiger partial charge in [0.1, 0.15) is 17.0 Å². The second-order valence-electron chi connectivity index (χ2n) is 9.44. The molecule has 2 rings (SSSR count). The number of hydrogen-bond donors (Lipinski definition) is 1. The number of ether oxygens (including phenoxy) is 3. The molecule has 0 aliphatic heterocycles. The molecule has 0 saturated carbocycles. The van der Waals surface area contributed by atoms with Gasteiger partial charge in [0.25, 0.3) is 0 Å². The first-order chi connectivity index (χ1) is 13.8. The maximum atomic E-state index is 13.0. The molecule has 0 spiro atoms. The number of benzene rings is 1. The van der Waals surface area contributed by atoms with Crippen LogP contribution >= 0.6 is 0 Å². The molecule has 1 aliphatic carbocycles. The number of aryl methyl sites for hydroxylation is 1. The highest BCUT2D eigenvalue weighted by atomic mass is 16.6. The van der Waals surface area contributed by atoms with E-state index in [2.05, 4.69) is 5.43 Å². The third-order valence-corrected chi connectivity index (χ3v) is 4.50. The molecular formula is C23H34N2O5. The number of rotatable bonds is 3. The Labute approximate surface area is 179 Å². The van der Waals surface area contributed by atoms with E-state index in [9.17, 15) is 9.59 Å². The van der Waals surface area contributed by atoms with Crippen LogP contribution in [0.25, 0.3) is 0 Å². The number of carbonyl (C=O) groups is 2. The Morgan fingerprint density at radius 3 is 2.23 bits per heavy atom. The second kappa shape index (κ2) is 8.98. The van der Waals surface area contributed by atoms with Gasteiger partial charge < -0.3 is 14.2 Å². The molecule has 0 bridgehead atoms. The fraction of sp³-hybridized carbons (Fsp3) is 0.565. The molecule has 7 heteroatoms. The molecule has 166 valence electrons. The smallest absolute Gasteiger partial charge is 0.429 e. The lowest BCUT2D eigenvalue weighted by Gasteiger charge is -2.35. The molecule has 2 amide bonds. The van der Waals surface area contributed by atoms with Gasteiger partial charge >= 0.3 is 12.2 Å². The Hall–Kier alpha value is -2.70. The van der Waals surface area contributed by atoms with Crippen molar-refractivity contribution in [2.75, 3.05) is 7.11 Å². The van der Waals surface area contributed by atoms with Gasteiger partial charge in [-0.1, -0.05) is 18.2 Å². The first kappa shape index (κ1) is 23.6. The highest BCUT2D eigenvalue weighted by Crippen LogP contribution is 2.35. The molecule has 1 aromatic carbocycles. The van der Waals surface area contributed by atoms with Crippen molar-refractivity contribution in [3.05, 3.63) is 41.5 Å². The molecule has 0 unspecified atom stereocenters. The zero-order valence-corrected chi connectivity index (χ0v) is 19.2. The van der Waals surface area contributed by atoms with Crippen molar-refractivity contribution < 1.29 is 23.8 Å². The van der Waals surface area contributed by atoms with Crippen LogP contribution in [0.4, 0.5) is 9.59 Å². The average molecular weight is 419 g/mol. The fourth-order valence-corrected chi connectivity index (χ4v) is 3.34. The second-order valence-corrected chi connectivity index (χ2v) is 9.44. The summed E-state index contributed by atoms with van der Waals surface area (Å²) in [5, 5.41) is 1.26. The van der Waals surface area contributed by atoms with Gasteiger partial charge in [-0.2, -0.15) is 0 Å². The van der Waals surface area contributed by atoms with Crippen LogP contribution in [-0.4, -0.2) is 41.5 Å². The normalized spacial score (nSPS) is 18.7. The Morgan fingerprint density at radius 2 is 1.70 bits per heavy atom. The summed E-state index contributed by atoms with van der Waals surface area (Å²) in [6.07, 6.45) is 3.30. The van der Waals surface area contributed by atoms with Crippen LogP contribution in [0.1, 0.15) is 65.0 Å². The Balaban J connectivity index is 2.33. The highest BCUT2D eigenvalue weighted by molar-refractivity contribution is 5.75. The summed E-state index contributed by atoms with van der Waals surface area (Å²) in [6, 6.07) is 5.49. The number of carbonyl (C=O) groups excluding carboxylic acids is 2. The van der Waals surface area contributed by atoms with Gasteiger partial charge in [0.2, 0.25) is 0 Å². The van der Waals surface area contributed by atoms with E-state index < -0.39 is 23.4 Å². The molecule has 0 heterocycles. The summed E-state index contributed by atoms with van der Waals surface area (Å²) >= 11 is 0. The molecule has 1 aliphatic rings. The lowest BCUT2D eigenvalue weighted by molar-refractivity contribution is -0.0100. The predicted octanol–water partition coefficient (Wildman–Crippen LogP) is 5.09. The largest absolute Gasteiger partial charge is 0.497 e.